The molecule has 34 heavy (non-hydrogen) atoms. The molecular formula is C27H28Cl2N2O3. The van der Waals surface area contributed by atoms with Crippen molar-refractivity contribution in [1.29, 1.82) is 0 Å². The lowest BCUT2D eigenvalue weighted by atomic mass is 10.0. The SMILES string of the molecule is CNC(=O)[C@H](Cc1ccccc1)N(Cc1ccc(Cl)cc1Cl)C(=O)CCCOc1ccccc1. The lowest BCUT2D eigenvalue weighted by Crippen LogP contribution is -2.49. The number of hydrogen-bond acceptors (Lipinski definition) is 3. The molecule has 1 atom stereocenters. The lowest BCUT2D eigenvalue weighted by Gasteiger charge is -2.31. The summed E-state index contributed by atoms with van der Waals surface area (Å²) in [4.78, 5) is 27.9. The first-order valence-corrected chi connectivity index (χ1v) is 11.9. The number of ether oxygens (including phenoxy) is 1. The van der Waals surface area contributed by atoms with Crippen molar-refractivity contribution < 1.29 is 14.3 Å². The fraction of sp³-hybridized carbons (Fsp3) is 0.259. The molecule has 3 aromatic carbocycles. The van der Waals surface area contributed by atoms with Crippen molar-refractivity contribution in [3.8, 4) is 5.75 Å². The Balaban J connectivity index is 1.78. The maximum Gasteiger partial charge on any atom is 0.242 e. The van der Waals surface area contributed by atoms with Crippen LogP contribution < -0.4 is 10.1 Å². The van der Waals surface area contributed by atoms with Crippen molar-refractivity contribution in [3.05, 3.63) is 100 Å². The maximum absolute atomic E-state index is 13.4. The molecule has 0 radical (unpaired) electrons. The predicted octanol–water partition coefficient (Wildman–Crippen LogP) is 5.54. The predicted molar refractivity (Wildman–Crippen MR) is 136 cm³/mol. The number of benzene rings is 3. The minimum Gasteiger partial charge on any atom is -0.494 e. The number of nitrogens with one attached hydrogen (secondary N) is 1. The van der Waals surface area contributed by atoms with Gasteiger partial charge in [-0.15, -0.1) is 0 Å². The maximum atomic E-state index is 13.4. The highest BCUT2D eigenvalue weighted by Gasteiger charge is 2.30. The summed E-state index contributed by atoms with van der Waals surface area (Å²) in [5.41, 5.74) is 1.69. The van der Waals surface area contributed by atoms with Crippen LogP contribution in [0.1, 0.15) is 24.0 Å². The number of carbonyl (C=O) groups excluding carboxylic acids is 2. The smallest absolute Gasteiger partial charge is 0.242 e. The van der Waals surface area contributed by atoms with Crippen molar-refractivity contribution in [2.75, 3.05) is 13.7 Å². The highest BCUT2D eigenvalue weighted by molar-refractivity contribution is 6.35. The van der Waals surface area contributed by atoms with Crippen LogP contribution >= 0.6 is 23.2 Å². The highest BCUT2D eigenvalue weighted by Crippen LogP contribution is 2.24. The van der Waals surface area contributed by atoms with Gasteiger partial charge in [0.15, 0.2) is 0 Å². The summed E-state index contributed by atoms with van der Waals surface area (Å²) in [6.07, 6.45) is 1.14. The number of para-hydroxylation sites is 1. The zero-order valence-electron chi connectivity index (χ0n) is 19.0. The summed E-state index contributed by atoms with van der Waals surface area (Å²) in [5.74, 6) is 0.377. The van der Waals surface area contributed by atoms with E-state index in [4.69, 9.17) is 27.9 Å². The van der Waals surface area contributed by atoms with Crippen LogP contribution in [-0.2, 0) is 22.6 Å². The summed E-state index contributed by atoms with van der Waals surface area (Å²) in [5, 5.41) is 3.67. The fourth-order valence-electron chi connectivity index (χ4n) is 3.63. The Hall–Kier alpha value is -3.02. The summed E-state index contributed by atoms with van der Waals surface area (Å²) in [7, 11) is 1.58. The van der Waals surface area contributed by atoms with E-state index >= 15 is 0 Å². The van der Waals surface area contributed by atoms with Gasteiger partial charge in [-0.3, -0.25) is 9.59 Å². The van der Waals surface area contributed by atoms with E-state index in [0.717, 1.165) is 16.9 Å². The Kier molecular flexibility index (Phi) is 9.80. The van der Waals surface area contributed by atoms with E-state index in [1.54, 1.807) is 30.1 Å². The molecule has 0 fully saturated rings. The Labute approximate surface area is 210 Å². The van der Waals surface area contributed by atoms with E-state index in [1.165, 1.54) is 0 Å². The monoisotopic (exact) mass is 498 g/mol. The molecule has 0 heterocycles. The molecule has 2 amide bonds. The van der Waals surface area contributed by atoms with Crippen molar-refractivity contribution in [2.45, 2.75) is 31.8 Å². The third kappa shape index (κ3) is 7.51. The van der Waals surface area contributed by atoms with Crippen molar-refractivity contribution in [3.63, 3.8) is 0 Å². The Morgan fingerprint density at radius 3 is 2.29 bits per heavy atom. The molecule has 0 saturated heterocycles. The molecule has 178 valence electrons. The molecule has 3 rings (SSSR count). The van der Waals surface area contributed by atoms with Gasteiger partial charge in [-0.05, 0) is 41.8 Å². The summed E-state index contributed by atoms with van der Waals surface area (Å²) >= 11 is 12.5. The molecular weight excluding hydrogens is 471 g/mol. The second kappa shape index (κ2) is 13.0. The fourth-order valence-corrected chi connectivity index (χ4v) is 4.10. The highest BCUT2D eigenvalue weighted by atomic mass is 35.5. The van der Waals surface area contributed by atoms with Crippen LogP contribution in [-0.4, -0.2) is 36.4 Å². The van der Waals surface area contributed by atoms with E-state index in [9.17, 15) is 9.59 Å². The van der Waals surface area contributed by atoms with E-state index in [2.05, 4.69) is 5.32 Å². The molecule has 1 N–H and O–H groups in total. The number of likely N-dealkylation sites (N-methyl/N-ethyl adjacent to an activating group) is 1. The zero-order valence-corrected chi connectivity index (χ0v) is 20.6. The largest absolute Gasteiger partial charge is 0.494 e. The van der Waals surface area contributed by atoms with Gasteiger partial charge in [0, 0.05) is 36.5 Å². The van der Waals surface area contributed by atoms with Crippen molar-refractivity contribution in [1.82, 2.24) is 10.2 Å². The minimum atomic E-state index is -0.693. The molecule has 3 aromatic rings. The first kappa shape index (κ1) is 25.6. The molecule has 0 aliphatic rings. The van der Waals surface area contributed by atoms with Gasteiger partial charge in [0.2, 0.25) is 11.8 Å². The van der Waals surface area contributed by atoms with E-state index < -0.39 is 6.04 Å². The van der Waals surface area contributed by atoms with Crippen molar-refractivity contribution in [2.24, 2.45) is 0 Å². The molecule has 5 nitrogen and oxygen atoms in total. The van der Waals surface area contributed by atoms with E-state index in [0.29, 0.717) is 29.5 Å². The number of halogens is 2. The average Bonchev–Trinajstić information content (AvgIpc) is 2.86. The van der Waals surface area contributed by atoms with Gasteiger partial charge in [0.05, 0.1) is 6.61 Å². The molecule has 0 spiro atoms. The number of carbonyl (C=O) groups is 2. The number of rotatable bonds is 11. The van der Waals surface area contributed by atoms with Gasteiger partial charge in [0.25, 0.3) is 0 Å². The minimum absolute atomic E-state index is 0.146. The van der Waals surface area contributed by atoms with Crippen molar-refractivity contribution >= 4 is 35.0 Å². The standard InChI is InChI=1S/C27H28Cl2N2O3/c1-30-27(33)25(17-20-9-4-2-5-10-20)31(19-21-14-15-22(28)18-24(21)29)26(32)13-8-16-34-23-11-6-3-7-12-23/h2-7,9-12,14-15,18,25H,8,13,16-17,19H2,1H3,(H,30,33)/t25-/m0/s1. The van der Waals surface area contributed by atoms with Crippen LogP contribution in [0.25, 0.3) is 0 Å². The van der Waals surface area contributed by atoms with E-state index in [1.807, 2.05) is 60.7 Å². The van der Waals surface area contributed by atoms with Gasteiger partial charge in [0.1, 0.15) is 11.8 Å². The van der Waals surface area contributed by atoms with E-state index in [-0.39, 0.29) is 24.8 Å². The van der Waals surface area contributed by atoms with Gasteiger partial charge < -0.3 is 15.0 Å². The van der Waals surface area contributed by atoms with Gasteiger partial charge in [-0.2, -0.15) is 0 Å². The third-order valence-corrected chi connectivity index (χ3v) is 6.01. The summed E-state index contributed by atoms with van der Waals surface area (Å²) < 4.78 is 5.73. The molecule has 0 aromatic heterocycles. The van der Waals surface area contributed by atoms with Crippen LogP contribution in [0.4, 0.5) is 0 Å². The average molecular weight is 499 g/mol. The quantitative estimate of drug-likeness (QED) is 0.353. The summed E-state index contributed by atoms with van der Waals surface area (Å²) in [6, 6.07) is 23.6. The van der Waals surface area contributed by atoms with Gasteiger partial charge in [-0.25, -0.2) is 0 Å². The van der Waals surface area contributed by atoms with Crippen LogP contribution in [0, 0.1) is 0 Å². The number of nitrogens with zero attached hydrogens (tertiary/aromatic N) is 1. The van der Waals surface area contributed by atoms with Crippen LogP contribution in [0.15, 0.2) is 78.9 Å². The first-order chi connectivity index (χ1) is 16.5. The first-order valence-electron chi connectivity index (χ1n) is 11.1. The molecule has 0 aliphatic heterocycles. The van der Waals surface area contributed by atoms with Crippen LogP contribution in [0.3, 0.4) is 0 Å². The molecule has 0 unspecified atom stereocenters. The van der Waals surface area contributed by atoms with Crippen LogP contribution in [0.2, 0.25) is 10.0 Å². The zero-order chi connectivity index (χ0) is 24.3. The molecule has 0 bridgehead atoms. The third-order valence-electron chi connectivity index (χ3n) is 5.42. The number of hydrogen-bond donors (Lipinski definition) is 1. The van der Waals surface area contributed by atoms with Crippen LogP contribution in [0.5, 0.6) is 5.75 Å². The number of amides is 2. The Morgan fingerprint density at radius 2 is 1.65 bits per heavy atom. The lowest BCUT2D eigenvalue weighted by molar-refractivity contribution is -0.141. The molecule has 0 saturated carbocycles. The molecule has 7 heteroatoms. The molecule has 0 aliphatic carbocycles. The Morgan fingerprint density at radius 1 is 0.971 bits per heavy atom. The second-order valence-corrected chi connectivity index (χ2v) is 8.69. The van der Waals surface area contributed by atoms with Gasteiger partial charge >= 0.3 is 0 Å². The normalized spacial score (nSPS) is 11.5. The Bertz CT molecular complexity index is 1080. The summed E-state index contributed by atoms with van der Waals surface area (Å²) in [6.45, 7) is 0.591. The van der Waals surface area contributed by atoms with Gasteiger partial charge in [-0.1, -0.05) is 77.8 Å². The second-order valence-electron chi connectivity index (χ2n) is 7.84. The topological polar surface area (TPSA) is 58.6 Å².